The Bertz CT molecular complexity index is 1390. The summed E-state index contributed by atoms with van der Waals surface area (Å²) >= 11 is 0. The molecule has 5 rings (SSSR count). The molecule has 1 aliphatic heterocycles. The number of aryl methyl sites for hydroxylation is 1. The summed E-state index contributed by atoms with van der Waals surface area (Å²) in [5.74, 6) is -0.959. The van der Waals surface area contributed by atoms with E-state index in [0.717, 1.165) is 37.4 Å². The fourth-order valence-electron chi connectivity index (χ4n) is 4.19. The maximum Gasteiger partial charge on any atom is 0.257 e. The predicted molar refractivity (Wildman–Crippen MR) is 134 cm³/mol. The Morgan fingerprint density at radius 1 is 1.31 bits per heavy atom. The minimum Gasteiger partial charge on any atom is -0.397 e. The van der Waals surface area contributed by atoms with Gasteiger partial charge in [-0.25, -0.2) is 9.37 Å². The fourth-order valence-corrected chi connectivity index (χ4v) is 4.19. The number of carbonyl (C=O) groups excluding carboxylic acids is 1. The molecule has 1 amide bonds. The van der Waals surface area contributed by atoms with Gasteiger partial charge in [-0.3, -0.25) is 14.9 Å². The SMILES string of the molecule is Cc1cn2cc(NC(=O)c3ccc(N4CCNCC4)c(C=NCc4cn[nH]c4)c3N)cc(F)c2n1. The number of nitrogen functional groups attached to an aromatic ring is 1. The number of nitrogens with two attached hydrogens (primary N) is 1. The van der Waals surface area contributed by atoms with E-state index in [1.807, 2.05) is 6.07 Å². The van der Waals surface area contributed by atoms with Crippen LogP contribution in [0.3, 0.4) is 0 Å². The van der Waals surface area contributed by atoms with Crippen molar-refractivity contribution < 1.29 is 9.18 Å². The second kappa shape index (κ2) is 9.55. The first kappa shape index (κ1) is 22.5. The highest BCUT2D eigenvalue weighted by Crippen LogP contribution is 2.29. The van der Waals surface area contributed by atoms with Crippen molar-refractivity contribution in [1.29, 1.82) is 0 Å². The van der Waals surface area contributed by atoms with Crippen LogP contribution in [0.15, 0.2) is 48.0 Å². The maximum atomic E-state index is 14.5. The number of aromatic amines is 1. The van der Waals surface area contributed by atoms with E-state index in [9.17, 15) is 9.18 Å². The molecule has 1 aromatic carbocycles. The van der Waals surface area contributed by atoms with E-state index in [1.54, 1.807) is 48.4 Å². The molecule has 4 heterocycles. The smallest absolute Gasteiger partial charge is 0.257 e. The number of nitrogens with one attached hydrogen (secondary N) is 3. The number of pyridine rings is 1. The topological polar surface area (TPSA) is 129 Å². The standard InChI is InChI=1S/C24H26FN9O/c1-15-13-34-14-17(8-20(25)23(34)31-15)32-24(35)18-2-3-21(33-6-4-27-5-7-33)19(22(18)26)12-28-9-16-10-29-30-11-16/h2-3,8,10-14,27H,4-7,9,26H2,1H3,(H,29,30)(H,32,35). The minimum absolute atomic E-state index is 0.205. The molecule has 0 atom stereocenters. The van der Waals surface area contributed by atoms with Gasteiger partial charge in [-0.2, -0.15) is 5.10 Å². The number of hydrogen-bond donors (Lipinski definition) is 4. The number of aromatic nitrogens is 4. The van der Waals surface area contributed by atoms with Crippen LogP contribution in [0.1, 0.15) is 27.2 Å². The van der Waals surface area contributed by atoms with Gasteiger partial charge in [0.25, 0.3) is 5.91 Å². The monoisotopic (exact) mass is 475 g/mol. The van der Waals surface area contributed by atoms with E-state index < -0.39 is 11.7 Å². The van der Waals surface area contributed by atoms with Crippen molar-refractivity contribution in [3.8, 4) is 0 Å². The van der Waals surface area contributed by atoms with Crippen LogP contribution in [0, 0.1) is 12.7 Å². The lowest BCUT2D eigenvalue weighted by Crippen LogP contribution is -2.44. The van der Waals surface area contributed by atoms with Crippen LogP contribution in [0.25, 0.3) is 5.65 Å². The molecule has 4 aromatic rings. The molecule has 0 spiro atoms. The van der Waals surface area contributed by atoms with Crippen LogP contribution >= 0.6 is 0 Å². The molecular formula is C24H26FN9O. The van der Waals surface area contributed by atoms with Crippen molar-refractivity contribution >= 4 is 34.8 Å². The van der Waals surface area contributed by atoms with Gasteiger partial charge in [-0.05, 0) is 19.1 Å². The molecule has 0 saturated carbocycles. The molecule has 5 N–H and O–H groups in total. The van der Waals surface area contributed by atoms with Gasteiger partial charge in [0, 0.05) is 73.9 Å². The highest BCUT2D eigenvalue weighted by Gasteiger charge is 2.20. The van der Waals surface area contributed by atoms with Crippen LogP contribution in [0.5, 0.6) is 0 Å². The summed E-state index contributed by atoms with van der Waals surface area (Å²) in [7, 11) is 0. The number of nitrogens with zero attached hydrogens (tertiary/aromatic N) is 5. The average molecular weight is 476 g/mol. The van der Waals surface area contributed by atoms with Gasteiger partial charge in [0.05, 0.1) is 35.4 Å². The fraction of sp³-hybridized carbons (Fsp3) is 0.250. The normalized spacial score (nSPS) is 14.2. The zero-order valence-corrected chi connectivity index (χ0v) is 19.3. The summed E-state index contributed by atoms with van der Waals surface area (Å²) in [6.07, 6.45) is 8.50. The predicted octanol–water partition coefficient (Wildman–Crippen LogP) is 2.37. The summed E-state index contributed by atoms with van der Waals surface area (Å²) in [4.78, 5) is 24.1. The lowest BCUT2D eigenvalue weighted by molar-refractivity contribution is 0.102. The Hall–Kier alpha value is -4.25. The van der Waals surface area contributed by atoms with Crippen LogP contribution < -0.4 is 21.3 Å². The average Bonchev–Trinajstić information content (AvgIpc) is 3.50. The zero-order chi connectivity index (χ0) is 24.4. The third kappa shape index (κ3) is 4.71. The van der Waals surface area contributed by atoms with E-state index >= 15 is 0 Å². The molecule has 35 heavy (non-hydrogen) atoms. The third-order valence-electron chi connectivity index (χ3n) is 5.90. The second-order valence-corrected chi connectivity index (χ2v) is 8.42. The number of hydrogen-bond acceptors (Lipinski definition) is 7. The molecule has 0 bridgehead atoms. The number of carbonyl (C=O) groups is 1. The van der Waals surface area contributed by atoms with Crippen molar-refractivity contribution in [3.63, 3.8) is 0 Å². The van der Waals surface area contributed by atoms with Crippen LogP contribution in [-0.4, -0.2) is 57.9 Å². The number of piperazine rings is 1. The van der Waals surface area contributed by atoms with E-state index in [1.165, 1.54) is 6.07 Å². The second-order valence-electron chi connectivity index (χ2n) is 8.42. The van der Waals surface area contributed by atoms with Gasteiger partial charge in [0.15, 0.2) is 11.5 Å². The van der Waals surface area contributed by atoms with E-state index in [4.69, 9.17) is 5.73 Å². The quantitative estimate of drug-likeness (QED) is 0.250. The molecule has 1 aliphatic rings. The number of amides is 1. The summed E-state index contributed by atoms with van der Waals surface area (Å²) in [6, 6.07) is 4.84. The highest BCUT2D eigenvalue weighted by molar-refractivity contribution is 6.11. The lowest BCUT2D eigenvalue weighted by atomic mass is 10.0. The number of halogens is 1. The molecule has 1 saturated heterocycles. The van der Waals surface area contributed by atoms with Crippen molar-refractivity contribution in [2.75, 3.05) is 42.1 Å². The molecule has 11 heteroatoms. The van der Waals surface area contributed by atoms with E-state index in [0.29, 0.717) is 29.2 Å². The third-order valence-corrected chi connectivity index (χ3v) is 5.90. The summed E-state index contributed by atoms with van der Waals surface area (Å²) in [5.41, 5.74) is 10.8. The summed E-state index contributed by atoms with van der Waals surface area (Å²) in [6.45, 7) is 5.55. The number of H-pyrrole nitrogens is 1. The van der Waals surface area contributed by atoms with E-state index in [-0.39, 0.29) is 11.2 Å². The number of aliphatic imine (C=N–C) groups is 1. The Kier molecular flexibility index (Phi) is 6.15. The van der Waals surface area contributed by atoms with Gasteiger partial charge in [0.2, 0.25) is 0 Å². The number of fused-ring (bicyclic) bond motifs is 1. The maximum absolute atomic E-state index is 14.5. The van der Waals surface area contributed by atoms with Crippen LogP contribution in [0.4, 0.5) is 21.5 Å². The molecule has 0 aliphatic carbocycles. The molecular weight excluding hydrogens is 449 g/mol. The van der Waals surface area contributed by atoms with Crippen molar-refractivity contribution in [1.82, 2.24) is 24.9 Å². The van der Waals surface area contributed by atoms with Gasteiger partial charge < -0.3 is 25.7 Å². The lowest BCUT2D eigenvalue weighted by Gasteiger charge is -2.31. The van der Waals surface area contributed by atoms with Gasteiger partial charge in [0.1, 0.15) is 0 Å². The molecule has 0 radical (unpaired) electrons. The Morgan fingerprint density at radius 3 is 2.91 bits per heavy atom. The first-order chi connectivity index (χ1) is 17.0. The van der Waals surface area contributed by atoms with Crippen molar-refractivity contribution in [2.24, 2.45) is 4.99 Å². The summed E-state index contributed by atoms with van der Waals surface area (Å²) in [5, 5.41) is 12.8. The molecule has 180 valence electrons. The Labute approximate surface area is 201 Å². The number of imidazole rings is 1. The van der Waals surface area contributed by atoms with Gasteiger partial charge in [-0.15, -0.1) is 0 Å². The Balaban J connectivity index is 1.46. The Morgan fingerprint density at radius 2 is 2.14 bits per heavy atom. The van der Waals surface area contributed by atoms with Crippen LogP contribution in [-0.2, 0) is 6.54 Å². The first-order valence-electron chi connectivity index (χ1n) is 11.3. The van der Waals surface area contributed by atoms with E-state index in [2.05, 4.69) is 35.7 Å². The number of benzene rings is 1. The molecule has 10 nitrogen and oxygen atoms in total. The van der Waals surface area contributed by atoms with Crippen molar-refractivity contribution in [2.45, 2.75) is 13.5 Å². The van der Waals surface area contributed by atoms with Gasteiger partial charge >= 0.3 is 0 Å². The molecule has 3 aromatic heterocycles. The number of rotatable bonds is 6. The van der Waals surface area contributed by atoms with Gasteiger partial charge in [-0.1, -0.05) is 0 Å². The zero-order valence-electron chi connectivity index (χ0n) is 19.3. The minimum atomic E-state index is -0.523. The molecule has 1 fully saturated rings. The first-order valence-corrected chi connectivity index (χ1v) is 11.3. The number of anilines is 3. The largest absolute Gasteiger partial charge is 0.397 e. The van der Waals surface area contributed by atoms with Crippen LogP contribution in [0.2, 0.25) is 0 Å². The highest BCUT2D eigenvalue weighted by atomic mass is 19.1. The van der Waals surface area contributed by atoms with Crippen molar-refractivity contribution in [3.05, 3.63) is 71.2 Å². The molecule has 0 unspecified atom stereocenters. The summed E-state index contributed by atoms with van der Waals surface area (Å²) < 4.78 is 16.0.